The van der Waals surface area contributed by atoms with Gasteiger partial charge in [0.05, 0.1) is 29.0 Å². The molecule has 1 saturated heterocycles. The first-order valence-corrected chi connectivity index (χ1v) is 14.3. The van der Waals surface area contributed by atoms with Crippen LogP contribution in [-0.4, -0.2) is 44.3 Å². The fourth-order valence-electron chi connectivity index (χ4n) is 11.1. The third-order valence-electron chi connectivity index (χ3n) is 13.4. The SMILES string of the molecule is CC(C)(O)[C@H]1CC[C@@](C)([C@@]2(O)CC[C@]3(C)[C@@H]2CC[C@@H]2[C@@]4(C)CC[C@@H](O)C(C)(C)[C@H]4CC[C@]23C)O1. The molecule has 5 aliphatic rings. The molecule has 0 spiro atoms. The molecule has 196 valence electrons. The van der Waals surface area contributed by atoms with Crippen molar-refractivity contribution in [2.24, 2.45) is 39.4 Å². The van der Waals surface area contributed by atoms with Crippen LogP contribution < -0.4 is 0 Å². The highest BCUT2D eigenvalue weighted by molar-refractivity contribution is 5.23. The summed E-state index contributed by atoms with van der Waals surface area (Å²) in [7, 11) is 0. The molecule has 0 bridgehead atoms. The zero-order chi connectivity index (χ0) is 25.2. The molecule has 4 saturated carbocycles. The standard InChI is InChI=1S/C30H52O4/c1-24(2)19-11-15-27(6)20(26(19,5)14-12-22(24)31)9-10-21-28(27,7)17-18-30(21,33)29(8)16-13-23(34-29)25(3,4)32/h19-23,31-33H,9-18H2,1-8H3/t19-,20-,21+,22-,23-,26+,27-,28-,29+,30-/m1/s1. The van der Waals surface area contributed by atoms with Crippen molar-refractivity contribution in [2.45, 2.75) is 149 Å². The molecular formula is C30H52O4. The van der Waals surface area contributed by atoms with Crippen molar-refractivity contribution in [2.75, 3.05) is 0 Å². The van der Waals surface area contributed by atoms with Crippen molar-refractivity contribution in [3.8, 4) is 0 Å². The highest BCUT2D eigenvalue weighted by atomic mass is 16.5. The second-order valence-electron chi connectivity index (χ2n) is 15.4. The maximum atomic E-state index is 12.5. The van der Waals surface area contributed by atoms with Crippen molar-refractivity contribution in [1.29, 1.82) is 0 Å². The average molecular weight is 477 g/mol. The van der Waals surface area contributed by atoms with E-state index in [9.17, 15) is 15.3 Å². The third-order valence-corrected chi connectivity index (χ3v) is 13.4. The van der Waals surface area contributed by atoms with E-state index in [4.69, 9.17) is 4.74 Å². The van der Waals surface area contributed by atoms with E-state index < -0.39 is 16.8 Å². The van der Waals surface area contributed by atoms with E-state index in [0.29, 0.717) is 11.8 Å². The Morgan fingerprint density at radius 1 is 0.706 bits per heavy atom. The van der Waals surface area contributed by atoms with Gasteiger partial charge in [-0.05, 0) is 124 Å². The largest absolute Gasteiger partial charge is 0.393 e. The summed E-state index contributed by atoms with van der Waals surface area (Å²) in [5.41, 5.74) is -1.82. The second-order valence-corrected chi connectivity index (χ2v) is 15.4. The fraction of sp³-hybridized carbons (Fsp3) is 1.00. The lowest BCUT2D eigenvalue weighted by molar-refractivity contribution is -0.254. The van der Waals surface area contributed by atoms with Gasteiger partial charge in [-0.3, -0.25) is 0 Å². The molecule has 0 aromatic carbocycles. The minimum atomic E-state index is -0.884. The molecule has 5 fully saturated rings. The summed E-state index contributed by atoms with van der Waals surface area (Å²) in [6, 6.07) is 0. The molecule has 1 aliphatic heterocycles. The molecule has 1 heterocycles. The first-order chi connectivity index (χ1) is 15.5. The van der Waals surface area contributed by atoms with Crippen LogP contribution in [0.5, 0.6) is 0 Å². The lowest BCUT2D eigenvalue weighted by atomic mass is 9.35. The van der Waals surface area contributed by atoms with E-state index in [1.54, 1.807) is 0 Å². The van der Waals surface area contributed by atoms with Gasteiger partial charge in [0, 0.05) is 0 Å². The predicted molar refractivity (Wildman–Crippen MR) is 135 cm³/mol. The summed E-state index contributed by atoms with van der Waals surface area (Å²) in [6.07, 6.45) is 9.72. The first-order valence-electron chi connectivity index (χ1n) is 14.3. The van der Waals surface area contributed by atoms with Crippen LogP contribution in [-0.2, 0) is 4.74 Å². The number of rotatable bonds is 2. The molecule has 4 aliphatic carbocycles. The van der Waals surface area contributed by atoms with Crippen molar-refractivity contribution in [1.82, 2.24) is 0 Å². The van der Waals surface area contributed by atoms with Gasteiger partial charge in [-0.25, -0.2) is 0 Å². The zero-order valence-electron chi connectivity index (χ0n) is 23.2. The van der Waals surface area contributed by atoms with Crippen molar-refractivity contribution >= 4 is 0 Å². The summed E-state index contributed by atoms with van der Waals surface area (Å²) < 4.78 is 6.58. The predicted octanol–water partition coefficient (Wildman–Crippen LogP) is 5.86. The maximum absolute atomic E-state index is 12.5. The van der Waals surface area contributed by atoms with Gasteiger partial charge in [0.2, 0.25) is 0 Å². The van der Waals surface area contributed by atoms with Crippen molar-refractivity contribution in [3.63, 3.8) is 0 Å². The van der Waals surface area contributed by atoms with E-state index in [2.05, 4.69) is 41.5 Å². The third kappa shape index (κ3) is 2.98. The molecule has 5 rings (SSSR count). The van der Waals surface area contributed by atoms with Crippen LogP contribution in [0.4, 0.5) is 0 Å². The minimum absolute atomic E-state index is 0.0280. The van der Waals surface area contributed by atoms with Gasteiger partial charge >= 0.3 is 0 Å². The van der Waals surface area contributed by atoms with Crippen LogP contribution >= 0.6 is 0 Å². The summed E-state index contributed by atoms with van der Waals surface area (Å²) in [5, 5.41) is 34.0. The van der Waals surface area contributed by atoms with Crippen LogP contribution in [0, 0.1) is 39.4 Å². The van der Waals surface area contributed by atoms with Crippen molar-refractivity contribution < 1.29 is 20.1 Å². The van der Waals surface area contributed by atoms with E-state index in [1.807, 2.05) is 13.8 Å². The molecule has 4 nitrogen and oxygen atoms in total. The minimum Gasteiger partial charge on any atom is -0.393 e. The molecule has 0 aromatic rings. The number of fused-ring (bicyclic) bond motifs is 5. The molecule has 0 radical (unpaired) electrons. The van der Waals surface area contributed by atoms with E-state index >= 15 is 0 Å². The lowest BCUT2D eigenvalue weighted by Crippen LogP contribution is -2.66. The number of hydrogen-bond acceptors (Lipinski definition) is 4. The molecule has 0 amide bonds. The van der Waals surface area contributed by atoms with Gasteiger partial charge in [-0.2, -0.15) is 0 Å². The molecule has 0 aromatic heterocycles. The Balaban J connectivity index is 1.48. The summed E-state index contributed by atoms with van der Waals surface area (Å²) in [5.74, 6) is 1.43. The normalized spacial score (nSPS) is 57.1. The molecular weight excluding hydrogens is 424 g/mol. The molecule has 10 atom stereocenters. The molecule has 3 N–H and O–H groups in total. The maximum Gasteiger partial charge on any atom is 0.0967 e. The Morgan fingerprint density at radius 3 is 1.94 bits per heavy atom. The lowest BCUT2D eigenvalue weighted by Gasteiger charge is -2.70. The topological polar surface area (TPSA) is 69.9 Å². The Bertz CT molecular complexity index is 832. The summed E-state index contributed by atoms with van der Waals surface area (Å²) in [4.78, 5) is 0. The molecule has 4 heteroatoms. The Hall–Kier alpha value is -0.160. The van der Waals surface area contributed by atoms with Crippen LogP contribution in [0.15, 0.2) is 0 Å². The van der Waals surface area contributed by atoms with Gasteiger partial charge in [0.15, 0.2) is 0 Å². The first kappa shape index (κ1) is 25.5. The summed E-state index contributed by atoms with van der Waals surface area (Å²) in [6.45, 7) is 18.0. The Labute approximate surface area is 208 Å². The van der Waals surface area contributed by atoms with Gasteiger partial charge < -0.3 is 20.1 Å². The summed E-state index contributed by atoms with van der Waals surface area (Å²) >= 11 is 0. The zero-order valence-corrected chi connectivity index (χ0v) is 23.2. The average Bonchev–Trinajstić information content (AvgIpc) is 3.27. The quantitative estimate of drug-likeness (QED) is 0.467. The van der Waals surface area contributed by atoms with E-state index in [-0.39, 0.29) is 39.8 Å². The molecule has 34 heavy (non-hydrogen) atoms. The Kier molecular flexibility index (Phi) is 5.42. The highest BCUT2D eigenvalue weighted by Crippen LogP contribution is 2.76. The van der Waals surface area contributed by atoms with E-state index in [0.717, 1.165) is 44.9 Å². The number of hydrogen-bond donors (Lipinski definition) is 3. The van der Waals surface area contributed by atoms with Crippen molar-refractivity contribution in [3.05, 3.63) is 0 Å². The van der Waals surface area contributed by atoms with Crippen LogP contribution in [0.25, 0.3) is 0 Å². The highest BCUT2D eigenvalue weighted by Gasteiger charge is 2.73. The number of aliphatic hydroxyl groups excluding tert-OH is 1. The van der Waals surface area contributed by atoms with Gasteiger partial charge in [-0.15, -0.1) is 0 Å². The van der Waals surface area contributed by atoms with Gasteiger partial charge in [-0.1, -0.05) is 34.6 Å². The monoisotopic (exact) mass is 476 g/mol. The second kappa shape index (κ2) is 7.23. The Morgan fingerprint density at radius 2 is 1.32 bits per heavy atom. The smallest absolute Gasteiger partial charge is 0.0967 e. The number of aliphatic hydroxyl groups is 3. The van der Waals surface area contributed by atoms with E-state index in [1.165, 1.54) is 19.3 Å². The van der Waals surface area contributed by atoms with Gasteiger partial charge in [0.1, 0.15) is 0 Å². The van der Waals surface area contributed by atoms with Crippen LogP contribution in [0.3, 0.4) is 0 Å². The van der Waals surface area contributed by atoms with Crippen LogP contribution in [0.2, 0.25) is 0 Å². The molecule has 0 unspecified atom stereocenters. The van der Waals surface area contributed by atoms with Gasteiger partial charge in [0.25, 0.3) is 0 Å². The van der Waals surface area contributed by atoms with Crippen LogP contribution in [0.1, 0.15) is 120 Å². The number of ether oxygens (including phenoxy) is 1. The fourth-order valence-corrected chi connectivity index (χ4v) is 11.1.